The fourth-order valence-electron chi connectivity index (χ4n) is 3.24. The van der Waals surface area contributed by atoms with Crippen LogP contribution in [0.2, 0.25) is 5.02 Å². The monoisotopic (exact) mass is 403 g/mol. The van der Waals surface area contributed by atoms with E-state index >= 15 is 0 Å². The summed E-state index contributed by atoms with van der Waals surface area (Å²) in [5, 5.41) is 1.38. The normalized spacial score (nSPS) is 15.3. The van der Waals surface area contributed by atoms with Crippen molar-refractivity contribution in [1.29, 1.82) is 0 Å². The number of nitrogens with zero attached hydrogens (tertiary/aromatic N) is 5. The Kier molecular flexibility index (Phi) is 4.61. The first kappa shape index (κ1) is 17.9. The van der Waals surface area contributed by atoms with Crippen molar-refractivity contribution < 1.29 is 8.42 Å². The summed E-state index contributed by atoms with van der Waals surface area (Å²) in [5.74, 6) is 1.53. The summed E-state index contributed by atoms with van der Waals surface area (Å²) < 4.78 is 23.8. The first-order valence-corrected chi connectivity index (χ1v) is 10.8. The SMILES string of the molecule is CS(=O)(=O)c1ccc2ncnc(N3CCN(c4ncccc4Cl)CC3)c2c1. The third-order valence-corrected chi connectivity index (χ3v) is 6.04. The summed E-state index contributed by atoms with van der Waals surface area (Å²) in [7, 11) is -3.30. The molecule has 1 saturated heterocycles. The maximum atomic E-state index is 11.9. The number of pyridine rings is 1. The average Bonchev–Trinajstić information content (AvgIpc) is 2.67. The third-order valence-electron chi connectivity index (χ3n) is 4.63. The summed E-state index contributed by atoms with van der Waals surface area (Å²) in [6.45, 7) is 2.94. The maximum Gasteiger partial charge on any atom is 0.175 e. The van der Waals surface area contributed by atoms with Gasteiger partial charge in [-0.05, 0) is 30.3 Å². The van der Waals surface area contributed by atoms with Crippen molar-refractivity contribution in [3.63, 3.8) is 0 Å². The van der Waals surface area contributed by atoms with Crippen LogP contribution >= 0.6 is 11.6 Å². The summed E-state index contributed by atoms with van der Waals surface area (Å²) in [5.41, 5.74) is 0.725. The molecule has 27 heavy (non-hydrogen) atoms. The Labute approximate surface area is 162 Å². The van der Waals surface area contributed by atoms with Crippen LogP contribution in [0.15, 0.2) is 47.8 Å². The molecule has 3 heterocycles. The molecule has 2 aromatic heterocycles. The standard InChI is InChI=1S/C18H18ClN5O2S/c1-27(25,26)13-4-5-16-14(11-13)17(22-12-21-16)23-7-9-24(10-8-23)18-15(19)3-2-6-20-18/h2-6,11-12H,7-10H2,1H3. The van der Waals surface area contributed by atoms with Gasteiger partial charge < -0.3 is 9.80 Å². The minimum absolute atomic E-state index is 0.268. The highest BCUT2D eigenvalue weighted by molar-refractivity contribution is 7.90. The van der Waals surface area contributed by atoms with Gasteiger partial charge in [-0.1, -0.05) is 11.6 Å². The smallest absolute Gasteiger partial charge is 0.175 e. The second kappa shape index (κ2) is 6.94. The highest BCUT2D eigenvalue weighted by Crippen LogP contribution is 2.28. The molecule has 1 aliphatic heterocycles. The number of piperazine rings is 1. The number of halogens is 1. The van der Waals surface area contributed by atoms with E-state index in [1.807, 2.05) is 12.1 Å². The number of aromatic nitrogens is 3. The topological polar surface area (TPSA) is 79.3 Å². The molecule has 0 amide bonds. The lowest BCUT2D eigenvalue weighted by Gasteiger charge is -2.36. The molecule has 1 aliphatic rings. The van der Waals surface area contributed by atoms with Crippen LogP contribution in [-0.4, -0.2) is 55.8 Å². The molecule has 1 fully saturated rings. The van der Waals surface area contributed by atoms with E-state index in [0.717, 1.165) is 48.7 Å². The molecule has 0 aliphatic carbocycles. The van der Waals surface area contributed by atoms with E-state index in [-0.39, 0.29) is 4.90 Å². The number of benzene rings is 1. The molecule has 7 nitrogen and oxygen atoms in total. The molecule has 4 rings (SSSR count). The van der Waals surface area contributed by atoms with Crippen molar-refractivity contribution in [3.05, 3.63) is 47.9 Å². The van der Waals surface area contributed by atoms with E-state index in [2.05, 4.69) is 24.8 Å². The Morgan fingerprint density at radius 1 is 0.963 bits per heavy atom. The zero-order valence-corrected chi connectivity index (χ0v) is 16.3. The number of hydrogen-bond acceptors (Lipinski definition) is 7. The van der Waals surface area contributed by atoms with Crippen LogP contribution in [0.4, 0.5) is 11.6 Å². The summed E-state index contributed by atoms with van der Waals surface area (Å²) in [4.78, 5) is 17.6. The average molecular weight is 404 g/mol. The van der Waals surface area contributed by atoms with Gasteiger partial charge in [0.2, 0.25) is 0 Å². The molecule has 140 valence electrons. The van der Waals surface area contributed by atoms with E-state index in [9.17, 15) is 8.42 Å². The van der Waals surface area contributed by atoms with Crippen molar-refractivity contribution >= 4 is 44.0 Å². The molecule has 0 unspecified atom stereocenters. The van der Waals surface area contributed by atoms with E-state index in [1.54, 1.807) is 24.4 Å². The van der Waals surface area contributed by atoms with E-state index < -0.39 is 9.84 Å². The minimum Gasteiger partial charge on any atom is -0.352 e. The molecule has 0 N–H and O–H groups in total. The van der Waals surface area contributed by atoms with Crippen LogP contribution in [0.1, 0.15) is 0 Å². The fourth-order valence-corrected chi connectivity index (χ4v) is 4.13. The molecule has 0 bridgehead atoms. The first-order chi connectivity index (χ1) is 12.9. The highest BCUT2D eigenvalue weighted by Gasteiger charge is 2.22. The molecule has 1 aromatic carbocycles. The van der Waals surface area contributed by atoms with Gasteiger partial charge >= 0.3 is 0 Å². The molecule has 0 radical (unpaired) electrons. The van der Waals surface area contributed by atoms with Gasteiger partial charge in [0.05, 0.1) is 15.4 Å². The molecular formula is C18H18ClN5O2S. The van der Waals surface area contributed by atoms with Crippen molar-refractivity contribution in [2.45, 2.75) is 4.90 Å². The number of rotatable bonds is 3. The zero-order valence-electron chi connectivity index (χ0n) is 14.7. The lowest BCUT2D eigenvalue weighted by atomic mass is 10.2. The second-order valence-electron chi connectivity index (χ2n) is 6.43. The number of fused-ring (bicyclic) bond motifs is 1. The Morgan fingerprint density at radius 3 is 2.33 bits per heavy atom. The lowest BCUT2D eigenvalue weighted by molar-refractivity contribution is 0.602. The Morgan fingerprint density at radius 2 is 1.67 bits per heavy atom. The van der Waals surface area contributed by atoms with Gasteiger partial charge in [-0.3, -0.25) is 0 Å². The lowest BCUT2D eigenvalue weighted by Crippen LogP contribution is -2.47. The molecular weight excluding hydrogens is 386 g/mol. The molecule has 0 spiro atoms. The van der Waals surface area contributed by atoms with E-state index in [0.29, 0.717) is 5.02 Å². The Hall–Kier alpha value is -2.45. The van der Waals surface area contributed by atoms with Crippen molar-refractivity contribution in [2.24, 2.45) is 0 Å². The molecule has 0 atom stereocenters. The number of sulfone groups is 1. The number of anilines is 2. The minimum atomic E-state index is -3.30. The number of hydrogen-bond donors (Lipinski definition) is 0. The molecule has 3 aromatic rings. The maximum absolute atomic E-state index is 11.9. The summed E-state index contributed by atoms with van der Waals surface area (Å²) in [6.07, 6.45) is 4.45. The van der Waals surface area contributed by atoms with Gasteiger partial charge in [0.25, 0.3) is 0 Å². The summed E-state index contributed by atoms with van der Waals surface area (Å²) in [6, 6.07) is 8.60. The zero-order chi connectivity index (χ0) is 19.0. The van der Waals surface area contributed by atoms with Gasteiger partial charge in [0, 0.05) is 44.0 Å². The van der Waals surface area contributed by atoms with Crippen LogP contribution in [-0.2, 0) is 9.84 Å². The van der Waals surface area contributed by atoms with Gasteiger partial charge in [-0.2, -0.15) is 0 Å². The van der Waals surface area contributed by atoms with Crippen LogP contribution in [0.3, 0.4) is 0 Å². The predicted octanol–water partition coefficient (Wildman–Crippen LogP) is 2.41. The van der Waals surface area contributed by atoms with Crippen molar-refractivity contribution in [1.82, 2.24) is 15.0 Å². The van der Waals surface area contributed by atoms with Gasteiger partial charge in [-0.15, -0.1) is 0 Å². The van der Waals surface area contributed by atoms with Gasteiger partial charge in [-0.25, -0.2) is 23.4 Å². The molecule has 9 heteroatoms. The Bertz CT molecular complexity index is 1100. The second-order valence-corrected chi connectivity index (χ2v) is 8.85. The van der Waals surface area contributed by atoms with Crippen LogP contribution in [0, 0.1) is 0 Å². The quantitative estimate of drug-likeness (QED) is 0.664. The van der Waals surface area contributed by atoms with Gasteiger partial charge in [0.1, 0.15) is 18.0 Å². The Balaban J connectivity index is 1.63. The van der Waals surface area contributed by atoms with Crippen LogP contribution < -0.4 is 9.80 Å². The fraction of sp³-hybridized carbons (Fsp3) is 0.278. The first-order valence-electron chi connectivity index (χ1n) is 8.49. The van der Waals surface area contributed by atoms with Crippen molar-refractivity contribution in [3.8, 4) is 0 Å². The highest BCUT2D eigenvalue weighted by atomic mass is 35.5. The largest absolute Gasteiger partial charge is 0.352 e. The van der Waals surface area contributed by atoms with E-state index in [4.69, 9.17) is 11.6 Å². The van der Waals surface area contributed by atoms with Gasteiger partial charge in [0.15, 0.2) is 9.84 Å². The van der Waals surface area contributed by atoms with E-state index in [1.165, 1.54) is 12.6 Å². The predicted molar refractivity (Wildman–Crippen MR) is 106 cm³/mol. The molecule has 0 saturated carbocycles. The summed E-state index contributed by atoms with van der Waals surface area (Å²) >= 11 is 6.25. The van der Waals surface area contributed by atoms with Crippen LogP contribution in [0.25, 0.3) is 10.9 Å². The van der Waals surface area contributed by atoms with Crippen LogP contribution in [0.5, 0.6) is 0 Å². The third kappa shape index (κ3) is 3.54. The van der Waals surface area contributed by atoms with Crippen molar-refractivity contribution in [2.75, 3.05) is 42.2 Å².